The number of urea groups is 1. The maximum atomic E-state index is 13.0. The SMILES string of the molecule is COc1ccc2c(c1)C(=O)N(C[C@@]1(c3cc4nc(C(N)=O)ccc4o3)NC(=O)NC1=O)C2. The van der Waals surface area contributed by atoms with Crippen LogP contribution in [0.15, 0.2) is 40.8 Å². The van der Waals surface area contributed by atoms with E-state index in [0.29, 0.717) is 16.9 Å². The number of nitrogens with one attached hydrogen (secondary N) is 2. The summed E-state index contributed by atoms with van der Waals surface area (Å²) in [4.78, 5) is 55.1. The molecule has 0 unspecified atom stereocenters. The fourth-order valence-electron chi connectivity index (χ4n) is 4.01. The number of nitrogens with zero attached hydrogens (tertiary/aromatic N) is 2. The van der Waals surface area contributed by atoms with E-state index in [1.807, 2.05) is 0 Å². The number of imide groups is 1. The Bertz CT molecular complexity index is 1330. The van der Waals surface area contributed by atoms with Crippen LogP contribution in [0.4, 0.5) is 4.79 Å². The number of methoxy groups -OCH3 is 1. The molecule has 1 aromatic carbocycles. The van der Waals surface area contributed by atoms with Gasteiger partial charge in [0.25, 0.3) is 17.7 Å². The molecule has 5 amide bonds. The molecule has 0 radical (unpaired) electrons. The first-order valence-electron chi connectivity index (χ1n) is 9.61. The number of primary amides is 1. The molecule has 2 aliphatic heterocycles. The molecule has 1 fully saturated rings. The number of pyridine rings is 1. The van der Waals surface area contributed by atoms with E-state index in [1.54, 1.807) is 18.2 Å². The number of ether oxygens (including phenoxy) is 1. The lowest BCUT2D eigenvalue weighted by molar-refractivity contribution is -0.125. The second kappa shape index (κ2) is 6.80. The molecule has 2 aromatic heterocycles. The van der Waals surface area contributed by atoms with E-state index in [1.165, 1.54) is 30.2 Å². The Morgan fingerprint density at radius 1 is 1.25 bits per heavy atom. The maximum Gasteiger partial charge on any atom is 0.322 e. The van der Waals surface area contributed by atoms with Gasteiger partial charge in [-0.2, -0.15) is 0 Å². The molecule has 1 atom stereocenters. The molecule has 11 heteroatoms. The summed E-state index contributed by atoms with van der Waals surface area (Å²) in [5, 5.41) is 4.80. The topological polar surface area (TPSA) is 157 Å². The van der Waals surface area contributed by atoms with Gasteiger partial charge in [0, 0.05) is 18.2 Å². The quantitative estimate of drug-likeness (QED) is 0.496. The number of benzene rings is 1. The van der Waals surface area contributed by atoms with E-state index >= 15 is 0 Å². The highest BCUT2D eigenvalue weighted by Crippen LogP contribution is 2.34. The highest BCUT2D eigenvalue weighted by atomic mass is 16.5. The number of aromatic nitrogens is 1. The summed E-state index contributed by atoms with van der Waals surface area (Å²) in [5.74, 6) is -1.08. The molecule has 1 saturated heterocycles. The largest absolute Gasteiger partial charge is 0.497 e. The molecule has 0 aliphatic carbocycles. The Balaban J connectivity index is 1.55. The van der Waals surface area contributed by atoms with Crippen LogP contribution in [0.25, 0.3) is 11.1 Å². The van der Waals surface area contributed by atoms with E-state index < -0.39 is 23.4 Å². The van der Waals surface area contributed by atoms with Gasteiger partial charge in [0.15, 0.2) is 11.1 Å². The summed E-state index contributed by atoms with van der Waals surface area (Å²) in [5.41, 5.74) is 5.44. The van der Waals surface area contributed by atoms with Crippen molar-refractivity contribution in [2.45, 2.75) is 12.1 Å². The lowest BCUT2D eigenvalue weighted by Gasteiger charge is -2.28. The fraction of sp³-hybridized carbons (Fsp3) is 0.190. The van der Waals surface area contributed by atoms with Crippen molar-refractivity contribution in [3.05, 3.63) is 59.0 Å². The third-order valence-electron chi connectivity index (χ3n) is 5.61. The van der Waals surface area contributed by atoms with Crippen LogP contribution in [0.5, 0.6) is 5.75 Å². The van der Waals surface area contributed by atoms with Crippen molar-refractivity contribution < 1.29 is 28.3 Å². The second-order valence-electron chi connectivity index (χ2n) is 7.55. The Hall–Kier alpha value is -4.41. The zero-order valence-corrected chi connectivity index (χ0v) is 16.8. The molecule has 0 spiro atoms. The van der Waals surface area contributed by atoms with Gasteiger partial charge in [0.05, 0.1) is 13.7 Å². The van der Waals surface area contributed by atoms with Gasteiger partial charge >= 0.3 is 6.03 Å². The number of carbonyl (C=O) groups is 4. The third kappa shape index (κ3) is 2.86. The Morgan fingerprint density at radius 3 is 2.75 bits per heavy atom. The molecule has 11 nitrogen and oxygen atoms in total. The molecule has 32 heavy (non-hydrogen) atoms. The van der Waals surface area contributed by atoms with Crippen LogP contribution >= 0.6 is 0 Å². The number of carbonyl (C=O) groups excluding carboxylic acids is 4. The maximum absolute atomic E-state index is 13.0. The first-order valence-corrected chi connectivity index (χ1v) is 9.61. The van der Waals surface area contributed by atoms with Crippen LogP contribution in [-0.2, 0) is 16.9 Å². The molecule has 3 aromatic rings. The molecule has 4 N–H and O–H groups in total. The first-order chi connectivity index (χ1) is 15.3. The van der Waals surface area contributed by atoms with Crippen molar-refractivity contribution in [1.29, 1.82) is 0 Å². The summed E-state index contributed by atoms with van der Waals surface area (Å²) in [7, 11) is 1.51. The highest BCUT2D eigenvalue weighted by Gasteiger charge is 2.53. The molecule has 5 rings (SSSR count). The average Bonchev–Trinajstić information content (AvgIpc) is 3.41. The van der Waals surface area contributed by atoms with E-state index in [-0.39, 0.29) is 36.0 Å². The molecular formula is C21H17N5O6. The first kappa shape index (κ1) is 19.5. The summed E-state index contributed by atoms with van der Waals surface area (Å²) in [6.45, 7) is 0.0657. The normalized spacial score (nSPS) is 19.8. The zero-order valence-electron chi connectivity index (χ0n) is 16.8. The van der Waals surface area contributed by atoms with Gasteiger partial charge in [0.1, 0.15) is 22.7 Å². The number of amides is 5. The Morgan fingerprint density at radius 2 is 2.06 bits per heavy atom. The number of furan rings is 1. The van der Waals surface area contributed by atoms with Crippen molar-refractivity contribution in [3.8, 4) is 5.75 Å². The van der Waals surface area contributed by atoms with Crippen molar-refractivity contribution >= 4 is 34.9 Å². The minimum Gasteiger partial charge on any atom is -0.497 e. The molecule has 4 heterocycles. The number of rotatable bonds is 5. The van der Waals surface area contributed by atoms with Crippen molar-refractivity contribution in [2.75, 3.05) is 13.7 Å². The molecule has 0 bridgehead atoms. The van der Waals surface area contributed by atoms with Gasteiger partial charge in [0.2, 0.25) is 0 Å². The fourth-order valence-corrected chi connectivity index (χ4v) is 4.01. The standard InChI is InChI=1S/C21H17N5O6/c1-31-11-3-2-10-8-26(18(28)12(10)6-11)9-21(19(29)24-20(30)25-21)16-7-14-15(32-16)5-4-13(23-14)17(22)27/h2-7H,8-9H2,1H3,(H2,22,27)(H2,24,25,29,30)/t21-/m0/s1. The van der Waals surface area contributed by atoms with Gasteiger partial charge in [-0.15, -0.1) is 0 Å². The summed E-state index contributed by atoms with van der Waals surface area (Å²) < 4.78 is 11.0. The van der Waals surface area contributed by atoms with Crippen LogP contribution in [0, 0.1) is 0 Å². The van der Waals surface area contributed by atoms with Crippen LogP contribution in [0.2, 0.25) is 0 Å². The van der Waals surface area contributed by atoms with Crippen molar-refractivity contribution in [2.24, 2.45) is 5.73 Å². The van der Waals surface area contributed by atoms with Gasteiger partial charge in [-0.25, -0.2) is 9.78 Å². The smallest absolute Gasteiger partial charge is 0.322 e. The zero-order chi connectivity index (χ0) is 22.6. The highest BCUT2D eigenvalue weighted by molar-refractivity contribution is 6.08. The van der Waals surface area contributed by atoms with Gasteiger partial charge in [-0.1, -0.05) is 6.07 Å². The van der Waals surface area contributed by atoms with Crippen LogP contribution in [0.1, 0.15) is 32.2 Å². The number of nitrogens with two attached hydrogens (primary N) is 1. The van der Waals surface area contributed by atoms with E-state index in [4.69, 9.17) is 14.9 Å². The van der Waals surface area contributed by atoms with Gasteiger partial charge in [-0.3, -0.25) is 19.7 Å². The average molecular weight is 435 g/mol. The molecule has 2 aliphatic rings. The van der Waals surface area contributed by atoms with E-state index in [9.17, 15) is 19.2 Å². The summed E-state index contributed by atoms with van der Waals surface area (Å²) >= 11 is 0. The van der Waals surface area contributed by atoms with Crippen molar-refractivity contribution in [1.82, 2.24) is 20.5 Å². The van der Waals surface area contributed by atoms with Crippen LogP contribution in [-0.4, -0.2) is 47.3 Å². The minimum atomic E-state index is -1.67. The van der Waals surface area contributed by atoms with Crippen LogP contribution < -0.4 is 21.1 Å². The Labute approximate surface area is 180 Å². The lowest BCUT2D eigenvalue weighted by atomic mass is 9.95. The van der Waals surface area contributed by atoms with Gasteiger partial charge in [-0.05, 0) is 29.8 Å². The monoisotopic (exact) mass is 435 g/mol. The van der Waals surface area contributed by atoms with Crippen molar-refractivity contribution in [3.63, 3.8) is 0 Å². The number of fused-ring (bicyclic) bond motifs is 2. The molecule has 0 saturated carbocycles. The summed E-state index contributed by atoms with van der Waals surface area (Å²) in [6.07, 6.45) is 0. The van der Waals surface area contributed by atoms with Crippen LogP contribution in [0.3, 0.4) is 0 Å². The second-order valence-corrected chi connectivity index (χ2v) is 7.55. The number of hydrogen-bond donors (Lipinski definition) is 3. The van der Waals surface area contributed by atoms with Gasteiger partial charge < -0.3 is 25.1 Å². The van der Waals surface area contributed by atoms with E-state index in [0.717, 1.165) is 5.56 Å². The minimum absolute atomic E-state index is 0.0259. The summed E-state index contributed by atoms with van der Waals surface area (Å²) in [6, 6.07) is 8.78. The predicted molar refractivity (Wildman–Crippen MR) is 109 cm³/mol. The predicted octanol–water partition coefficient (Wildman–Crippen LogP) is 0.626. The van der Waals surface area contributed by atoms with E-state index in [2.05, 4.69) is 15.6 Å². The third-order valence-corrected chi connectivity index (χ3v) is 5.61. The molecular weight excluding hydrogens is 418 g/mol. The lowest BCUT2D eigenvalue weighted by Crippen LogP contribution is -2.52. The Kier molecular flexibility index (Phi) is 4.16. The molecule has 162 valence electrons. The number of hydrogen-bond acceptors (Lipinski definition) is 7.